The number of benzene rings is 2. The van der Waals surface area contributed by atoms with Crippen molar-refractivity contribution in [2.24, 2.45) is 0 Å². The standard InChI is InChI=1S/C21H24N2O2/c1-3-4-15-23-18(16-11-7-5-8-12-16)21(2,20(23)25)22-19(24)17-13-9-6-10-14-17/h5-14,18H,3-4,15H2,1-2H3,(H,22,24). The minimum absolute atomic E-state index is 0.0147. The van der Waals surface area contributed by atoms with Crippen LogP contribution in [-0.2, 0) is 4.79 Å². The topological polar surface area (TPSA) is 49.4 Å². The SMILES string of the molecule is CCCCN1C(=O)C(C)(NC(=O)c2ccccc2)C1c1ccccc1. The summed E-state index contributed by atoms with van der Waals surface area (Å²) in [6, 6.07) is 18.8. The van der Waals surface area contributed by atoms with E-state index >= 15 is 0 Å². The molecule has 1 aliphatic rings. The molecule has 130 valence electrons. The molecule has 3 rings (SSSR count). The van der Waals surface area contributed by atoms with E-state index in [0.29, 0.717) is 12.1 Å². The summed E-state index contributed by atoms with van der Waals surface area (Å²) in [5, 5.41) is 2.98. The van der Waals surface area contributed by atoms with Gasteiger partial charge in [0.1, 0.15) is 5.54 Å². The van der Waals surface area contributed by atoms with Crippen molar-refractivity contribution < 1.29 is 9.59 Å². The highest BCUT2D eigenvalue weighted by Gasteiger charge is 2.58. The molecular formula is C21H24N2O2. The molecule has 1 N–H and O–H groups in total. The molecule has 1 heterocycles. The molecule has 4 nitrogen and oxygen atoms in total. The van der Waals surface area contributed by atoms with Gasteiger partial charge in [0, 0.05) is 12.1 Å². The van der Waals surface area contributed by atoms with E-state index < -0.39 is 5.54 Å². The van der Waals surface area contributed by atoms with E-state index in [-0.39, 0.29) is 17.9 Å². The first-order valence-corrected chi connectivity index (χ1v) is 8.81. The Balaban J connectivity index is 1.87. The predicted octanol–water partition coefficient (Wildman–Crippen LogP) is 3.56. The van der Waals surface area contributed by atoms with Crippen LogP contribution in [0.5, 0.6) is 0 Å². The van der Waals surface area contributed by atoms with Crippen molar-refractivity contribution in [2.45, 2.75) is 38.3 Å². The van der Waals surface area contributed by atoms with Crippen LogP contribution in [0.2, 0.25) is 0 Å². The molecule has 0 saturated carbocycles. The Kier molecular flexibility index (Phi) is 4.88. The van der Waals surface area contributed by atoms with Gasteiger partial charge in [-0.05, 0) is 31.0 Å². The zero-order valence-electron chi connectivity index (χ0n) is 14.7. The Bertz CT molecular complexity index is 745. The Morgan fingerprint density at radius 1 is 1.08 bits per heavy atom. The number of β-lactam (4-membered cyclic amide) rings is 1. The molecule has 2 aromatic rings. The van der Waals surface area contributed by atoms with Crippen LogP contribution in [0.25, 0.3) is 0 Å². The Morgan fingerprint density at radius 3 is 2.28 bits per heavy atom. The smallest absolute Gasteiger partial charge is 0.252 e. The maximum Gasteiger partial charge on any atom is 0.252 e. The second-order valence-electron chi connectivity index (χ2n) is 6.69. The molecule has 2 atom stereocenters. The number of rotatable bonds is 6. The molecule has 1 fully saturated rings. The van der Waals surface area contributed by atoms with Crippen LogP contribution in [-0.4, -0.2) is 28.8 Å². The number of unbranched alkanes of at least 4 members (excludes halogenated alkanes) is 1. The molecule has 2 amide bonds. The van der Waals surface area contributed by atoms with E-state index in [9.17, 15) is 9.59 Å². The zero-order valence-corrected chi connectivity index (χ0v) is 14.7. The van der Waals surface area contributed by atoms with Gasteiger partial charge in [0.05, 0.1) is 6.04 Å². The molecule has 2 aromatic carbocycles. The number of carbonyl (C=O) groups is 2. The van der Waals surface area contributed by atoms with E-state index in [1.165, 1.54) is 0 Å². The molecule has 4 heteroatoms. The van der Waals surface area contributed by atoms with Gasteiger partial charge in [0.25, 0.3) is 11.8 Å². The van der Waals surface area contributed by atoms with Crippen LogP contribution >= 0.6 is 0 Å². The number of hydrogen-bond donors (Lipinski definition) is 1. The van der Waals surface area contributed by atoms with Crippen molar-refractivity contribution >= 4 is 11.8 Å². The molecule has 0 aliphatic carbocycles. The summed E-state index contributed by atoms with van der Waals surface area (Å²) in [5.41, 5.74) is 0.701. The number of amides is 2. The highest BCUT2D eigenvalue weighted by molar-refractivity contribution is 6.02. The first-order valence-electron chi connectivity index (χ1n) is 8.81. The summed E-state index contributed by atoms with van der Waals surface area (Å²) < 4.78 is 0. The third kappa shape index (κ3) is 3.16. The van der Waals surface area contributed by atoms with E-state index in [2.05, 4.69) is 12.2 Å². The van der Waals surface area contributed by atoms with Gasteiger partial charge in [0.2, 0.25) is 0 Å². The Labute approximate surface area is 148 Å². The molecule has 0 spiro atoms. The van der Waals surface area contributed by atoms with Crippen LogP contribution in [0.1, 0.15) is 48.7 Å². The van der Waals surface area contributed by atoms with Gasteiger partial charge >= 0.3 is 0 Å². The van der Waals surface area contributed by atoms with Gasteiger partial charge in [-0.1, -0.05) is 61.9 Å². The third-order valence-corrected chi connectivity index (χ3v) is 4.84. The summed E-state index contributed by atoms with van der Waals surface area (Å²) in [5.74, 6) is -0.230. The number of nitrogens with zero attached hydrogens (tertiary/aromatic N) is 1. The number of hydrogen-bond acceptors (Lipinski definition) is 2. The molecule has 2 unspecified atom stereocenters. The minimum atomic E-state index is -0.915. The molecule has 0 radical (unpaired) electrons. The fourth-order valence-corrected chi connectivity index (χ4v) is 3.51. The number of carbonyl (C=O) groups excluding carboxylic acids is 2. The molecule has 25 heavy (non-hydrogen) atoms. The van der Waals surface area contributed by atoms with E-state index in [1.54, 1.807) is 12.1 Å². The van der Waals surface area contributed by atoms with E-state index in [4.69, 9.17) is 0 Å². The van der Waals surface area contributed by atoms with Gasteiger partial charge in [0.15, 0.2) is 0 Å². The lowest BCUT2D eigenvalue weighted by Gasteiger charge is -2.55. The van der Waals surface area contributed by atoms with Gasteiger partial charge in [-0.25, -0.2) is 0 Å². The van der Waals surface area contributed by atoms with Crippen LogP contribution < -0.4 is 5.32 Å². The highest BCUT2D eigenvalue weighted by atomic mass is 16.2. The maximum atomic E-state index is 12.9. The summed E-state index contributed by atoms with van der Waals surface area (Å²) in [7, 11) is 0. The van der Waals surface area contributed by atoms with Crippen LogP contribution in [0.3, 0.4) is 0 Å². The fraction of sp³-hybridized carbons (Fsp3) is 0.333. The maximum absolute atomic E-state index is 12.9. The lowest BCUT2D eigenvalue weighted by Crippen LogP contribution is -2.74. The average molecular weight is 336 g/mol. The monoisotopic (exact) mass is 336 g/mol. The average Bonchev–Trinajstić information content (AvgIpc) is 2.65. The van der Waals surface area contributed by atoms with Crippen LogP contribution in [0.15, 0.2) is 60.7 Å². The predicted molar refractivity (Wildman–Crippen MR) is 98.1 cm³/mol. The van der Waals surface area contributed by atoms with Crippen LogP contribution in [0.4, 0.5) is 0 Å². The van der Waals surface area contributed by atoms with Crippen molar-refractivity contribution in [3.63, 3.8) is 0 Å². The summed E-state index contributed by atoms with van der Waals surface area (Å²) in [6.07, 6.45) is 1.98. The fourth-order valence-electron chi connectivity index (χ4n) is 3.51. The zero-order chi connectivity index (χ0) is 17.9. The summed E-state index contributed by atoms with van der Waals surface area (Å²) >= 11 is 0. The van der Waals surface area contributed by atoms with E-state index in [1.807, 2.05) is 60.4 Å². The molecular weight excluding hydrogens is 312 g/mol. The van der Waals surface area contributed by atoms with Crippen molar-refractivity contribution in [2.75, 3.05) is 6.54 Å². The Hall–Kier alpha value is -2.62. The van der Waals surface area contributed by atoms with Crippen molar-refractivity contribution in [3.8, 4) is 0 Å². The third-order valence-electron chi connectivity index (χ3n) is 4.84. The largest absolute Gasteiger partial charge is 0.336 e. The van der Waals surface area contributed by atoms with Crippen molar-refractivity contribution in [1.29, 1.82) is 0 Å². The lowest BCUT2D eigenvalue weighted by molar-refractivity contribution is -0.161. The molecule has 1 aliphatic heterocycles. The molecule has 0 aromatic heterocycles. The summed E-state index contributed by atoms with van der Waals surface area (Å²) in [4.78, 5) is 27.3. The lowest BCUT2D eigenvalue weighted by atomic mass is 9.76. The van der Waals surface area contributed by atoms with Crippen LogP contribution in [0, 0.1) is 0 Å². The van der Waals surface area contributed by atoms with Crippen molar-refractivity contribution in [1.82, 2.24) is 10.2 Å². The minimum Gasteiger partial charge on any atom is -0.336 e. The number of likely N-dealkylation sites (tertiary alicyclic amines) is 1. The highest BCUT2D eigenvalue weighted by Crippen LogP contribution is 2.43. The normalized spacial score (nSPS) is 22.4. The van der Waals surface area contributed by atoms with E-state index in [0.717, 1.165) is 18.4 Å². The Morgan fingerprint density at radius 2 is 1.68 bits per heavy atom. The van der Waals surface area contributed by atoms with Gasteiger partial charge in [-0.2, -0.15) is 0 Å². The molecule has 1 saturated heterocycles. The second-order valence-corrected chi connectivity index (χ2v) is 6.69. The quantitative estimate of drug-likeness (QED) is 0.820. The number of nitrogens with one attached hydrogen (secondary N) is 1. The first kappa shape index (κ1) is 17.2. The second kappa shape index (κ2) is 7.09. The molecule has 0 bridgehead atoms. The van der Waals surface area contributed by atoms with Gasteiger partial charge < -0.3 is 10.2 Å². The van der Waals surface area contributed by atoms with Gasteiger partial charge in [-0.15, -0.1) is 0 Å². The van der Waals surface area contributed by atoms with Crippen molar-refractivity contribution in [3.05, 3.63) is 71.8 Å². The summed E-state index contributed by atoms with van der Waals surface area (Å²) in [6.45, 7) is 4.65. The van der Waals surface area contributed by atoms with Gasteiger partial charge in [-0.3, -0.25) is 9.59 Å². The first-order chi connectivity index (χ1) is 12.1.